The van der Waals surface area contributed by atoms with Gasteiger partial charge in [-0.25, -0.2) is 0 Å². The Hall–Kier alpha value is 0.703. The molecule has 0 atom stereocenters. The second-order valence-corrected chi connectivity index (χ2v) is 0. The minimum Gasteiger partial charge on any atom is -2.00 e. The van der Waals surface area contributed by atoms with Gasteiger partial charge in [0.15, 0.2) is 0 Å². The molecule has 0 amide bonds. The van der Waals surface area contributed by atoms with E-state index in [9.17, 15) is 0 Å². The van der Waals surface area contributed by atoms with Crippen LogP contribution in [-0.2, 0) is 31.7 Å². The molecule has 0 spiro atoms. The fraction of sp³-hybridized carbons (Fsp3) is 0. The van der Waals surface area contributed by atoms with Gasteiger partial charge in [-0.15, -0.1) is 0 Å². The van der Waals surface area contributed by atoms with Crippen molar-refractivity contribution in [1.29, 1.82) is 0 Å². The summed E-state index contributed by atoms with van der Waals surface area (Å²) >= 11 is 0. The maximum atomic E-state index is 0. The van der Waals surface area contributed by atoms with Gasteiger partial charge in [-0.05, 0) is 0 Å². The molecule has 0 N–H and O–H groups in total. The zero-order chi connectivity index (χ0) is 0. The van der Waals surface area contributed by atoms with Crippen LogP contribution in [0.2, 0.25) is 0 Å². The van der Waals surface area contributed by atoms with Crippen LogP contribution in [0.15, 0.2) is 0 Å². The third kappa shape index (κ3) is 15.9. The zero-order valence-corrected chi connectivity index (χ0v) is 4.12. The number of rotatable bonds is 0. The molecular formula is F2OZr. The third-order valence-electron chi connectivity index (χ3n) is 0. The molecule has 4 heavy (non-hydrogen) atoms. The summed E-state index contributed by atoms with van der Waals surface area (Å²) in [6.45, 7) is 0. The second-order valence-electron chi connectivity index (χ2n) is 0. The molecule has 0 saturated carbocycles. The zero-order valence-electron chi connectivity index (χ0n) is 1.66. The van der Waals surface area contributed by atoms with E-state index < -0.39 is 0 Å². The summed E-state index contributed by atoms with van der Waals surface area (Å²) in [6, 6.07) is 0. The largest absolute Gasteiger partial charge is 4.00 e. The van der Waals surface area contributed by atoms with Gasteiger partial charge in [0.25, 0.3) is 0 Å². The number of halogens is 2. The van der Waals surface area contributed by atoms with Crippen LogP contribution in [0.25, 0.3) is 0 Å². The van der Waals surface area contributed by atoms with E-state index in [1.807, 2.05) is 0 Å². The van der Waals surface area contributed by atoms with E-state index in [4.69, 9.17) is 0 Å². The third-order valence-corrected chi connectivity index (χ3v) is 0. The smallest absolute Gasteiger partial charge is 2.00 e. The first-order chi connectivity index (χ1) is 0. The Balaban J connectivity index is 0. The maximum absolute atomic E-state index is 0. The summed E-state index contributed by atoms with van der Waals surface area (Å²) in [5, 5.41) is 0. The van der Waals surface area contributed by atoms with Gasteiger partial charge >= 0.3 is 26.2 Å². The summed E-state index contributed by atoms with van der Waals surface area (Å²) in [7, 11) is 0. The molecule has 0 aromatic heterocycles. The van der Waals surface area contributed by atoms with Crippen LogP contribution in [0.1, 0.15) is 0 Å². The van der Waals surface area contributed by atoms with E-state index in [1.165, 1.54) is 0 Å². The summed E-state index contributed by atoms with van der Waals surface area (Å²) in [5.41, 5.74) is 0. The topological polar surface area (TPSA) is 28.5 Å². The van der Waals surface area contributed by atoms with Crippen LogP contribution in [0.4, 0.5) is 0 Å². The van der Waals surface area contributed by atoms with E-state index in [1.54, 1.807) is 0 Å². The van der Waals surface area contributed by atoms with Crippen LogP contribution < -0.4 is 9.41 Å². The Morgan fingerprint density at radius 1 is 0.750 bits per heavy atom. The normalized spacial score (nSPS) is 0. The number of hydrogen-bond acceptors (Lipinski definition) is 0. The molecule has 0 fully saturated rings. The molecule has 0 saturated heterocycles. The molecule has 0 bridgehead atoms. The Morgan fingerprint density at radius 3 is 0.750 bits per heavy atom. The molecular weight excluding hydrogens is 145 g/mol. The fourth-order valence-electron chi connectivity index (χ4n) is 0. The van der Waals surface area contributed by atoms with Gasteiger partial charge in [0.1, 0.15) is 0 Å². The molecule has 0 aliphatic rings. The Bertz CT molecular complexity index is 6.00. The van der Waals surface area contributed by atoms with Crippen LogP contribution in [0, 0.1) is 0 Å². The predicted molar refractivity (Wildman–Crippen MR) is 0.686 cm³/mol. The number of hydrogen-bond donors (Lipinski definition) is 0. The van der Waals surface area contributed by atoms with Gasteiger partial charge in [-0.1, -0.05) is 0 Å². The standard InChI is InChI=1S/2FH.O.Zr/h2*1H;;/q;;-2;+4/p-2. The van der Waals surface area contributed by atoms with E-state index in [2.05, 4.69) is 0 Å². The summed E-state index contributed by atoms with van der Waals surface area (Å²) < 4.78 is 0. The van der Waals surface area contributed by atoms with Crippen molar-refractivity contribution < 1.29 is 41.1 Å². The van der Waals surface area contributed by atoms with Crippen molar-refractivity contribution in [2.45, 2.75) is 0 Å². The van der Waals surface area contributed by atoms with E-state index in [0.717, 1.165) is 0 Å². The van der Waals surface area contributed by atoms with Gasteiger partial charge in [0, 0.05) is 0 Å². The summed E-state index contributed by atoms with van der Waals surface area (Å²) in [4.78, 5) is 0. The molecule has 0 aliphatic heterocycles. The van der Waals surface area contributed by atoms with Gasteiger partial charge in [0.05, 0.1) is 0 Å². The quantitative estimate of drug-likeness (QED) is 0.325. The van der Waals surface area contributed by atoms with Crippen molar-refractivity contribution in [3.63, 3.8) is 0 Å². The van der Waals surface area contributed by atoms with Crippen LogP contribution in [0.5, 0.6) is 0 Å². The summed E-state index contributed by atoms with van der Waals surface area (Å²) in [6.07, 6.45) is 0. The minimum atomic E-state index is 0. The van der Waals surface area contributed by atoms with Crippen molar-refractivity contribution in [2.24, 2.45) is 0 Å². The van der Waals surface area contributed by atoms with Gasteiger partial charge < -0.3 is 14.9 Å². The Kier molecular flexibility index (Phi) is 1790. The molecule has 1 nitrogen and oxygen atoms in total. The molecule has 4 heteroatoms. The first-order valence-electron chi connectivity index (χ1n) is 0. The fourth-order valence-corrected chi connectivity index (χ4v) is 0. The van der Waals surface area contributed by atoms with Crippen LogP contribution in [0.3, 0.4) is 0 Å². The van der Waals surface area contributed by atoms with Crippen molar-refractivity contribution in [1.82, 2.24) is 0 Å². The van der Waals surface area contributed by atoms with Crippen molar-refractivity contribution in [2.75, 3.05) is 0 Å². The SMILES string of the molecule is [F-].[F-].[O-2].[Zr+4]. The average molecular weight is 145 g/mol. The summed E-state index contributed by atoms with van der Waals surface area (Å²) in [5.74, 6) is 0. The van der Waals surface area contributed by atoms with Gasteiger partial charge in [-0.3, -0.25) is 0 Å². The molecule has 0 aromatic rings. The van der Waals surface area contributed by atoms with Crippen molar-refractivity contribution in [3.05, 3.63) is 0 Å². The monoisotopic (exact) mass is 144 g/mol. The van der Waals surface area contributed by atoms with E-state index >= 15 is 0 Å². The first kappa shape index (κ1) is 130. The van der Waals surface area contributed by atoms with E-state index in [-0.39, 0.29) is 41.1 Å². The molecule has 24 valence electrons. The van der Waals surface area contributed by atoms with Crippen LogP contribution in [-0.4, -0.2) is 0 Å². The molecule has 0 aliphatic carbocycles. The predicted octanol–water partition coefficient (Wildman–Crippen LogP) is -6.11. The van der Waals surface area contributed by atoms with E-state index in [0.29, 0.717) is 0 Å². The molecule has 0 rings (SSSR count). The van der Waals surface area contributed by atoms with Crippen molar-refractivity contribution in [3.8, 4) is 0 Å². The Morgan fingerprint density at radius 2 is 0.750 bits per heavy atom. The molecule has 0 heterocycles. The maximum Gasteiger partial charge on any atom is 4.00 e. The van der Waals surface area contributed by atoms with Gasteiger partial charge in [0.2, 0.25) is 0 Å². The minimum absolute atomic E-state index is 0. The second kappa shape index (κ2) is 54.7. The molecule has 0 unspecified atom stereocenters. The van der Waals surface area contributed by atoms with Crippen LogP contribution >= 0.6 is 0 Å². The Labute approximate surface area is 41.6 Å². The molecule has 0 aromatic carbocycles. The average Bonchev–Trinajstić information content (AvgIpc) is 0. The first-order valence-corrected chi connectivity index (χ1v) is 0. The van der Waals surface area contributed by atoms with Gasteiger partial charge in [-0.2, -0.15) is 0 Å². The van der Waals surface area contributed by atoms with Crippen molar-refractivity contribution >= 4 is 0 Å². The molecule has 0 radical (unpaired) electrons.